The van der Waals surface area contributed by atoms with Crippen molar-refractivity contribution in [2.24, 2.45) is 0 Å². The monoisotopic (exact) mass is 516 g/mol. The summed E-state index contributed by atoms with van der Waals surface area (Å²) in [6.07, 6.45) is -2.07. The minimum atomic E-state index is -1.92. The lowest BCUT2D eigenvalue weighted by molar-refractivity contribution is -0.185. The molecule has 0 radical (unpaired) electrons. The van der Waals surface area contributed by atoms with Gasteiger partial charge in [0.2, 0.25) is 0 Å². The van der Waals surface area contributed by atoms with E-state index in [2.05, 4.69) is 33.3 Å². The minimum Gasteiger partial charge on any atom is -0.464 e. The van der Waals surface area contributed by atoms with Crippen LogP contribution in [0.4, 0.5) is 9.59 Å². The first-order chi connectivity index (χ1) is 17.1. The average molecular weight is 517 g/mol. The van der Waals surface area contributed by atoms with Crippen molar-refractivity contribution in [3.05, 3.63) is 24.5 Å². The first kappa shape index (κ1) is 31.9. The maximum absolute atomic E-state index is 11.9. The van der Waals surface area contributed by atoms with Gasteiger partial charge >= 0.3 is 30.4 Å². The molecule has 2 amide bonds. The van der Waals surface area contributed by atoms with E-state index in [-0.39, 0.29) is 44.0 Å². The van der Waals surface area contributed by atoms with Crippen LogP contribution in [0, 0.1) is 0 Å². The van der Waals surface area contributed by atoms with Gasteiger partial charge in [-0.1, -0.05) is 26.0 Å². The maximum atomic E-state index is 11.9. The lowest BCUT2D eigenvalue weighted by Crippen LogP contribution is -2.37. The number of rotatable bonds is 19. The second-order valence-electron chi connectivity index (χ2n) is 7.20. The van der Waals surface area contributed by atoms with Crippen molar-refractivity contribution in [3.8, 4) is 0 Å². The molecule has 36 heavy (non-hydrogen) atoms. The molecule has 0 fully saturated rings. The summed E-state index contributed by atoms with van der Waals surface area (Å²) >= 11 is 0. The van der Waals surface area contributed by atoms with Crippen LogP contribution in [0.5, 0.6) is 0 Å². The first-order valence-electron chi connectivity index (χ1n) is 10.8. The van der Waals surface area contributed by atoms with Crippen LogP contribution in [0.3, 0.4) is 0 Å². The van der Waals surface area contributed by atoms with Crippen molar-refractivity contribution in [2.75, 3.05) is 26.3 Å². The largest absolute Gasteiger partial charge is 0.464 e. The Hall–Kier alpha value is -4.10. The molecule has 0 saturated carbocycles. The number of nitrogens with one attached hydrogen (secondary N) is 2. The molecule has 0 aromatic rings. The molecule has 0 bridgehead atoms. The number of carbonyl (C=O) groups is 6. The molecule has 14 heteroatoms. The standard InChI is InChI=1S/C22H32N2O12/c1-15(2)18(27)35-20(19(28)33-16(3)4)36-22(30)24-10-8-6-5-7-9-23-21(29)34-17(11-31-13-25)12-32-14-26/h13-14,17,20H,1,3,5-12H2,2,4H3,(H,23,29)(H,24,30). The van der Waals surface area contributed by atoms with Crippen LogP contribution in [0.25, 0.3) is 0 Å². The molecule has 0 heterocycles. The van der Waals surface area contributed by atoms with Crippen LogP contribution in [0.2, 0.25) is 0 Å². The molecule has 0 spiro atoms. The second-order valence-corrected chi connectivity index (χ2v) is 7.20. The molecule has 202 valence electrons. The lowest BCUT2D eigenvalue weighted by atomic mass is 10.2. The van der Waals surface area contributed by atoms with Crippen LogP contribution < -0.4 is 10.6 Å². The molecule has 0 aromatic carbocycles. The summed E-state index contributed by atoms with van der Waals surface area (Å²) in [5.41, 5.74) is -0.00599. The Bertz CT molecular complexity index is 771. The van der Waals surface area contributed by atoms with E-state index in [4.69, 9.17) is 18.9 Å². The number of ether oxygens (including phenoxy) is 6. The fraction of sp³-hybridized carbons (Fsp3) is 0.545. The number of alkyl carbamates (subject to hydrolysis) is 2. The van der Waals surface area contributed by atoms with Crippen molar-refractivity contribution in [2.45, 2.75) is 51.9 Å². The molecule has 0 rings (SSSR count). The number of esters is 2. The number of unbranched alkanes of at least 4 members (excludes halogenated alkanes) is 3. The zero-order valence-corrected chi connectivity index (χ0v) is 20.3. The molecule has 0 aliphatic carbocycles. The Kier molecular flexibility index (Phi) is 17.0. The lowest BCUT2D eigenvalue weighted by Gasteiger charge is -2.17. The number of allylic oxidation sites excluding steroid dienone is 1. The topological polar surface area (TPSA) is 182 Å². The molecular weight excluding hydrogens is 484 g/mol. The highest BCUT2D eigenvalue weighted by molar-refractivity contribution is 5.89. The summed E-state index contributed by atoms with van der Waals surface area (Å²) in [6.45, 7) is 9.86. The summed E-state index contributed by atoms with van der Waals surface area (Å²) < 4.78 is 28.3. The van der Waals surface area contributed by atoms with Gasteiger partial charge in [0.25, 0.3) is 12.9 Å². The Labute approximate surface area is 208 Å². The van der Waals surface area contributed by atoms with E-state index in [9.17, 15) is 28.8 Å². The molecule has 0 aliphatic rings. The van der Waals surface area contributed by atoms with Gasteiger partial charge in [-0.15, -0.1) is 0 Å². The van der Waals surface area contributed by atoms with Crippen molar-refractivity contribution >= 4 is 37.1 Å². The van der Waals surface area contributed by atoms with Crippen molar-refractivity contribution in [3.63, 3.8) is 0 Å². The molecule has 0 aromatic heterocycles. The van der Waals surface area contributed by atoms with Crippen molar-refractivity contribution in [1.82, 2.24) is 10.6 Å². The molecule has 14 nitrogen and oxygen atoms in total. The van der Waals surface area contributed by atoms with Gasteiger partial charge in [-0.05, 0) is 26.7 Å². The molecule has 1 atom stereocenters. The van der Waals surface area contributed by atoms with E-state index in [0.717, 1.165) is 0 Å². The normalized spacial score (nSPS) is 10.8. The summed E-state index contributed by atoms with van der Waals surface area (Å²) in [7, 11) is 0. The summed E-state index contributed by atoms with van der Waals surface area (Å²) in [4.78, 5) is 67.7. The Morgan fingerprint density at radius 1 is 0.778 bits per heavy atom. The Morgan fingerprint density at radius 2 is 1.28 bits per heavy atom. The Morgan fingerprint density at radius 3 is 1.72 bits per heavy atom. The highest BCUT2D eigenvalue weighted by atomic mass is 16.7. The maximum Gasteiger partial charge on any atom is 0.410 e. The molecule has 2 N–H and O–H groups in total. The molecular formula is C22H32N2O12. The van der Waals surface area contributed by atoms with Crippen LogP contribution in [-0.2, 0) is 47.6 Å². The summed E-state index contributed by atoms with van der Waals surface area (Å²) in [5.74, 6) is -2.05. The van der Waals surface area contributed by atoms with Crippen molar-refractivity contribution in [1.29, 1.82) is 0 Å². The average Bonchev–Trinajstić information content (AvgIpc) is 2.81. The van der Waals surface area contributed by atoms with Crippen LogP contribution in [-0.4, -0.2) is 75.8 Å². The molecule has 0 aliphatic heterocycles. The van der Waals surface area contributed by atoms with Crippen LogP contribution >= 0.6 is 0 Å². The van der Waals surface area contributed by atoms with Gasteiger partial charge in [0.1, 0.15) is 13.2 Å². The smallest absolute Gasteiger partial charge is 0.410 e. The third kappa shape index (κ3) is 16.5. The number of amides is 2. The third-order valence-electron chi connectivity index (χ3n) is 3.86. The highest BCUT2D eigenvalue weighted by Gasteiger charge is 2.29. The SMILES string of the molecule is C=C(C)OC(=O)C(OC(=O)NCCCCCCNC(=O)OC(COC=O)COC=O)OC(=O)C(=C)C. The number of hydrogen-bond acceptors (Lipinski definition) is 12. The van der Waals surface area contributed by atoms with Crippen LogP contribution in [0.1, 0.15) is 39.5 Å². The minimum absolute atomic E-state index is 0.00599. The zero-order chi connectivity index (χ0) is 27.3. The number of carbonyl (C=O) groups excluding carboxylic acids is 6. The van der Waals surface area contributed by atoms with E-state index in [0.29, 0.717) is 32.2 Å². The van der Waals surface area contributed by atoms with Gasteiger partial charge in [0, 0.05) is 18.7 Å². The van der Waals surface area contributed by atoms with Crippen molar-refractivity contribution < 1.29 is 57.2 Å². The van der Waals surface area contributed by atoms with Gasteiger partial charge in [-0.3, -0.25) is 9.59 Å². The highest BCUT2D eigenvalue weighted by Crippen LogP contribution is 2.07. The predicted octanol–water partition coefficient (Wildman–Crippen LogP) is 1.24. The van der Waals surface area contributed by atoms with Crippen LogP contribution in [0.15, 0.2) is 24.5 Å². The van der Waals surface area contributed by atoms with E-state index in [1.807, 2.05) is 0 Å². The fourth-order valence-electron chi connectivity index (χ4n) is 2.26. The number of hydrogen-bond donors (Lipinski definition) is 2. The molecule has 0 saturated heterocycles. The van der Waals surface area contributed by atoms with Gasteiger partial charge in [-0.25, -0.2) is 19.2 Å². The quantitative estimate of drug-likeness (QED) is 0.0477. The molecule has 1 unspecified atom stereocenters. The van der Waals surface area contributed by atoms with Gasteiger partial charge in [0.15, 0.2) is 6.10 Å². The van der Waals surface area contributed by atoms with E-state index in [1.165, 1.54) is 13.8 Å². The van der Waals surface area contributed by atoms with E-state index < -0.39 is 36.5 Å². The van der Waals surface area contributed by atoms with Gasteiger partial charge in [-0.2, -0.15) is 0 Å². The van der Waals surface area contributed by atoms with Gasteiger partial charge in [0.05, 0.1) is 5.76 Å². The zero-order valence-electron chi connectivity index (χ0n) is 20.3. The van der Waals surface area contributed by atoms with E-state index >= 15 is 0 Å². The first-order valence-corrected chi connectivity index (χ1v) is 10.8. The fourth-order valence-corrected chi connectivity index (χ4v) is 2.26. The second kappa shape index (κ2) is 19.2. The Balaban J connectivity index is 4.17. The predicted molar refractivity (Wildman–Crippen MR) is 121 cm³/mol. The third-order valence-corrected chi connectivity index (χ3v) is 3.86. The van der Waals surface area contributed by atoms with Gasteiger partial charge < -0.3 is 39.1 Å². The summed E-state index contributed by atoms with van der Waals surface area (Å²) in [5, 5.41) is 4.93. The van der Waals surface area contributed by atoms with E-state index in [1.54, 1.807) is 0 Å². The summed E-state index contributed by atoms with van der Waals surface area (Å²) in [6, 6.07) is 0.